The van der Waals surface area contributed by atoms with Crippen molar-refractivity contribution in [3.63, 3.8) is 0 Å². The third-order valence-corrected chi connectivity index (χ3v) is 3.22. The summed E-state index contributed by atoms with van der Waals surface area (Å²) < 4.78 is 0. The molecule has 1 aliphatic rings. The van der Waals surface area contributed by atoms with E-state index in [1.807, 2.05) is 25.1 Å². The number of piperidine rings is 1. The fourth-order valence-electron chi connectivity index (χ4n) is 2.27. The number of anilines is 1. The molecule has 0 radical (unpaired) electrons. The number of pyridine rings is 1. The molecule has 2 rings (SSSR count). The molecule has 19 heavy (non-hydrogen) atoms. The second-order valence-corrected chi connectivity index (χ2v) is 4.68. The van der Waals surface area contributed by atoms with Gasteiger partial charge in [0.05, 0.1) is 7.11 Å². The van der Waals surface area contributed by atoms with Crippen LogP contribution in [0.2, 0.25) is 0 Å². The SMILES string of the molecule is CONC(=O)NC1CCN(c2cccc(C)n2)CC1. The van der Waals surface area contributed by atoms with Gasteiger partial charge in [0.2, 0.25) is 0 Å². The van der Waals surface area contributed by atoms with Gasteiger partial charge in [0, 0.05) is 24.8 Å². The van der Waals surface area contributed by atoms with Crippen molar-refractivity contribution < 1.29 is 9.63 Å². The minimum absolute atomic E-state index is 0.191. The summed E-state index contributed by atoms with van der Waals surface area (Å²) in [6.45, 7) is 3.79. The Morgan fingerprint density at radius 2 is 2.16 bits per heavy atom. The topological polar surface area (TPSA) is 66.5 Å². The number of amides is 2. The van der Waals surface area contributed by atoms with Crippen molar-refractivity contribution in [1.82, 2.24) is 15.8 Å². The van der Waals surface area contributed by atoms with Gasteiger partial charge in [-0.05, 0) is 31.9 Å². The van der Waals surface area contributed by atoms with Crippen LogP contribution in [0.4, 0.5) is 10.6 Å². The van der Waals surface area contributed by atoms with Crippen molar-refractivity contribution in [3.8, 4) is 0 Å². The number of hydrogen-bond donors (Lipinski definition) is 2. The van der Waals surface area contributed by atoms with E-state index in [9.17, 15) is 4.79 Å². The Bertz CT molecular complexity index is 430. The Morgan fingerprint density at radius 3 is 2.79 bits per heavy atom. The average molecular weight is 264 g/mol. The number of carbonyl (C=O) groups is 1. The number of nitrogens with one attached hydrogen (secondary N) is 2. The first-order valence-corrected chi connectivity index (χ1v) is 6.47. The number of hydroxylamine groups is 1. The Labute approximate surface area is 113 Å². The van der Waals surface area contributed by atoms with Crippen LogP contribution in [0.1, 0.15) is 18.5 Å². The summed E-state index contributed by atoms with van der Waals surface area (Å²) in [5.74, 6) is 1.01. The lowest BCUT2D eigenvalue weighted by Gasteiger charge is -2.33. The molecule has 1 fully saturated rings. The van der Waals surface area contributed by atoms with Crippen LogP contribution in [0.25, 0.3) is 0 Å². The van der Waals surface area contributed by atoms with E-state index < -0.39 is 0 Å². The van der Waals surface area contributed by atoms with Crippen LogP contribution in [-0.2, 0) is 4.84 Å². The van der Waals surface area contributed by atoms with Gasteiger partial charge in [0.15, 0.2) is 0 Å². The number of carbonyl (C=O) groups excluding carboxylic acids is 1. The first-order chi connectivity index (χ1) is 9.19. The van der Waals surface area contributed by atoms with Crippen LogP contribution in [0.5, 0.6) is 0 Å². The maximum Gasteiger partial charge on any atom is 0.338 e. The van der Waals surface area contributed by atoms with Crippen LogP contribution in [0, 0.1) is 6.92 Å². The quantitative estimate of drug-likeness (QED) is 0.806. The highest BCUT2D eigenvalue weighted by Crippen LogP contribution is 2.18. The summed E-state index contributed by atoms with van der Waals surface area (Å²) in [5.41, 5.74) is 3.29. The zero-order chi connectivity index (χ0) is 13.7. The fourth-order valence-corrected chi connectivity index (χ4v) is 2.27. The minimum Gasteiger partial charge on any atom is -0.356 e. The Kier molecular flexibility index (Phi) is 4.57. The zero-order valence-corrected chi connectivity index (χ0v) is 11.3. The molecule has 1 aromatic heterocycles. The number of urea groups is 1. The third kappa shape index (κ3) is 3.82. The molecule has 2 N–H and O–H groups in total. The first kappa shape index (κ1) is 13.6. The molecule has 1 aromatic rings. The predicted molar refractivity (Wildman–Crippen MR) is 72.9 cm³/mol. The van der Waals surface area contributed by atoms with Crippen LogP contribution >= 0.6 is 0 Å². The molecule has 104 valence electrons. The number of aryl methyl sites for hydroxylation is 1. The summed E-state index contributed by atoms with van der Waals surface area (Å²) >= 11 is 0. The molecule has 2 amide bonds. The van der Waals surface area contributed by atoms with Gasteiger partial charge in [0.1, 0.15) is 5.82 Å². The summed E-state index contributed by atoms with van der Waals surface area (Å²) in [4.78, 5) is 22.7. The van der Waals surface area contributed by atoms with Crippen molar-refractivity contribution in [1.29, 1.82) is 0 Å². The van der Waals surface area contributed by atoms with E-state index in [0.717, 1.165) is 37.4 Å². The van der Waals surface area contributed by atoms with E-state index >= 15 is 0 Å². The van der Waals surface area contributed by atoms with Crippen LogP contribution in [0.3, 0.4) is 0 Å². The summed E-state index contributed by atoms with van der Waals surface area (Å²) in [5, 5.41) is 2.88. The number of aromatic nitrogens is 1. The minimum atomic E-state index is -0.283. The van der Waals surface area contributed by atoms with E-state index in [4.69, 9.17) is 0 Å². The molecule has 0 aromatic carbocycles. The third-order valence-electron chi connectivity index (χ3n) is 3.22. The van der Waals surface area contributed by atoms with Gasteiger partial charge in [-0.15, -0.1) is 0 Å². The number of nitrogens with zero attached hydrogens (tertiary/aromatic N) is 2. The summed E-state index contributed by atoms with van der Waals surface area (Å²) in [6, 6.07) is 5.95. The molecular formula is C13H20N4O2. The second-order valence-electron chi connectivity index (χ2n) is 4.68. The Morgan fingerprint density at radius 1 is 1.42 bits per heavy atom. The van der Waals surface area contributed by atoms with Gasteiger partial charge < -0.3 is 10.2 Å². The van der Waals surface area contributed by atoms with Crippen molar-refractivity contribution in [2.24, 2.45) is 0 Å². The normalized spacial score (nSPS) is 16.2. The molecule has 2 heterocycles. The number of rotatable bonds is 3. The number of hydrogen-bond acceptors (Lipinski definition) is 4. The van der Waals surface area contributed by atoms with Gasteiger partial charge in [-0.1, -0.05) is 6.07 Å². The Balaban J connectivity index is 1.84. The standard InChI is InChI=1S/C13H20N4O2/c1-10-4-3-5-12(14-10)17-8-6-11(7-9-17)15-13(18)16-19-2/h3-5,11H,6-9H2,1-2H3,(H2,15,16,18). The summed E-state index contributed by atoms with van der Waals surface area (Å²) in [6.07, 6.45) is 1.82. The van der Waals surface area contributed by atoms with Crippen LogP contribution in [-0.4, -0.2) is 37.3 Å². The van der Waals surface area contributed by atoms with Gasteiger partial charge in [-0.3, -0.25) is 4.84 Å². The molecule has 0 spiro atoms. The monoisotopic (exact) mass is 264 g/mol. The molecule has 6 nitrogen and oxygen atoms in total. The van der Waals surface area contributed by atoms with Gasteiger partial charge >= 0.3 is 6.03 Å². The fraction of sp³-hybridized carbons (Fsp3) is 0.538. The smallest absolute Gasteiger partial charge is 0.338 e. The molecule has 1 aliphatic heterocycles. The molecule has 6 heteroatoms. The van der Waals surface area contributed by atoms with Crippen molar-refractivity contribution in [2.45, 2.75) is 25.8 Å². The van der Waals surface area contributed by atoms with E-state index in [1.54, 1.807) is 0 Å². The predicted octanol–water partition coefficient (Wildman–Crippen LogP) is 1.22. The van der Waals surface area contributed by atoms with Gasteiger partial charge in [-0.25, -0.2) is 15.3 Å². The highest BCUT2D eigenvalue weighted by atomic mass is 16.6. The Hall–Kier alpha value is -1.82. The molecule has 1 saturated heterocycles. The van der Waals surface area contributed by atoms with E-state index in [0.29, 0.717) is 0 Å². The van der Waals surface area contributed by atoms with Gasteiger partial charge in [0.25, 0.3) is 0 Å². The van der Waals surface area contributed by atoms with Crippen LogP contribution < -0.4 is 15.7 Å². The largest absolute Gasteiger partial charge is 0.356 e. The van der Waals surface area contributed by atoms with E-state index in [-0.39, 0.29) is 12.1 Å². The van der Waals surface area contributed by atoms with Crippen LogP contribution in [0.15, 0.2) is 18.2 Å². The molecule has 0 bridgehead atoms. The second kappa shape index (κ2) is 6.38. The lowest BCUT2D eigenvalue weighted by molar-refractivity contribution is 0.105. The first-order valence-electron chi connectivity index (χ1n) is 6.47. The highest BCUT2D eigenvalue weighted by Gasteiger charge is 2.21. The summed E-state index contributed by atoms with van der Waals surface area (Å²) in [7, 11) is 1.42. The zero-order valence-electron chi connectivity index (χ0n) is 11.3. The van der Waals surface area contributed by atoms with E-state index in [2.05, 4.69) is 25.5 Å². The average Bonchev–Trinajstić information content (AvgIpc) is 2.40. The lowest BCUT2D eigenvalue weighted by Crippen LogP contribution is -2.47. The lowest BCUT2D eigenvalue weighted by atomic mass is 10.1. The van der Waals surface area contributed by atoms with Crippen molar-refractivity contribution in [2.75, 3.05) is 25.1 Å². The molecule has 0 atom stereocenters. The van der Waals surface area contributed by atoms with E-state index in [1.165, 1.54) is 7.11 Å². The van der Waals surface area contributed by atoms with Crippen molar-refractivity contribution in [3.05, 3.63) is 23.9 Å². The maximum absolute atomic E-state index is 11.3. The molecule has 0 aliphatic carbocycles. The van der Waals surface area contributed by atoms with Gasteiger partial charge in [-0.2, -0.15) is 0 Å². The maximum atomic E-state index is 11.3. The van der Waals surface area contributed by atoms with Crippen molar-refractivity contribution >= 4 is 11.8 Å². The molecule has 0 unspecified atom stereocenters. The molecule has 0 saturated carbocycles. The highest BCUT2D eigenvalue weighted by molar-refractivity contribution is 5.73. The molecular weight excluding hydrogens is 244 g/mol.